The van der Waals surface area contributed by atoms with Gasteiger partial charge >= 0.3 is 0 Å². The number of ether oxygens (including phenoxy) is 1. The molecule has 1 fully saturated rings. The van der Waals surface area contributed by atoms with Crippen molar-refractivity contribution >= 4 is 39.1 Å². The molecule has 1 heterocycles. The Bertz CT molecular complexity index is 1340. The van der Waals surface area contributed by atoms with Crippen LogP contribution in [0.4, 0.5) is 11.4 Å². The van der Waals surface area contributed by atoms with E-state index in [-0.39, 0.29) is 23.0 Å². The third-order valence-electron chi connectivity index (χ3n) is 7.13. The molecule has 4 aliphatic rings. The van der Waals surface area contributed by atoms with E-state index in [1.807, 2.05) is 48.5 Å². The largest absolute Gasteiger partial charge is 0.496 e. The summed E-state index contributed by atoms with van der Waals surface area (Å²) in [4.78, 5) is 40.0. The second-order valence-electron chi connectivity index (χ2n) is 8.49. The van der Waals surface area contributed by atoms with Gasteiger partial charge in [0.1, 0.15) is 11.4 Å². The molecule has 33 heavy (non-hydrogen) atoms. The topological polar surface area (TPSA) is 89.8 Å². The zero-order valence-electron chi connectivity index (χ0n) is 17.4. The molecule has 0 radical (unpaired) electrons. The van der Waals surface area contributed by atoms with Crippen molar-refractivity contribution in [1.82, 2.24) is 0 Å². The van der Waals surface area contributed by atoms with Crippen molar-refractivity contribution in [3.63, 3.8) is 0 Å². The fraction of sp³-hybridized carbons (Fsp3) is 0.200. The first-order chi connectivity index (χ1) is 15.9. The standard InChI is InChI=1S/C25H17BrN2O5/c1-33-13-10-11-18(19(12-13)28(31)32)27-23(29)21-20-14-6-2-4-8-16(14)25(26,22(21)24(27)30)17-9-5-3-7-15(17)20/h2-12,20-22H,1H3/t20?,21-,22+,25?/m1/s1. The maximum Gasteiger partial charge on any atom is 0.297 e. The number of hydrogen-bond donors (Lipinski definition) is 0. The Labute approximate surface area is 197 Å². The number of benzene rings is 3. The summed E-state index contributed by atoms with van der Waals surface area (Å²) in [6.45, 7) is 0. The van der Waals surface area contributed by atoms with Crippen molar-refractivity contribution in [3.8, 4) is 5.75 Å². The van der Waals surface area contributed by atoms with Crippen molar-refractivity contribution < 1.29 is 19.2 Å². The zero-order valence-corrected chi connectivity index (χ0v) is 19.0. The second-order valence-corrected chi connectivity index (χ2v) is 9.74. The summed E-state index contributed by atoms with van der Waals surface area (Å²) in [7, 11) is 1.40. The lowest BCUT2D eigenvalue weighted by Crippen LogP contribution is -2.50. The number of carbonyl (C=O) groups is 2. The number of nitrogens with zero attached hydrogens (tertiary/aromatic N) is 2. The molecule has 1 aliphatic heterocycles. The Hall–Kier alpha value is -3.52. The van der Waals surface area contributed by atoms with Crippen molar-refractivity contribution in [2.75, 3.05) is 12.0 Å². The molecule has 0 N–H and O–H groups in total. The van der Waals surface area contributed by atoms with E-state index in [1.165, 1.54) is 25.3 Å². The number of carbonyl (C=O) groups excluding carboxylic acids is 2. The van der Waals surface area contributed by atoms with Gasteiger partial charge in [0.05, 0.1) is 34.3 Å². The minimum Gasteiger partial charge on any atom is -0.496 e. The summed E-state index contributed by atoms with van der Waals surface area (Å²) in [6, 6.07) is 19.8. The Kier molecular flexibility index (Phi) is 4.11. The summed E-state index contributed by atoms with van der Waals surface area (Å²) < 4.78 is 4.21. The van der Waals surface area contributed by atoms with Crippen LogP contribution in [0, 0.1) is 22.0 Å². The molecule has 2 amide bonds. The maximum atomic E-state index is 13.9. The third-order valence-corrected chi connectivity index (χ3v) is 8.48. The third kappa shape index (κ3) is 2.39. The summed E-state index contributed by atoms with van der Waals surface area (Å²) >= 11 is 3.92. The van der Waals surface area contributed by atoms with E-state index in [4.69, 9.17) is 4.74 Å². The number of imide groups is 1. The molecule has 8 heteroatoms. The molecule has 0 saturated carbocycles. The van der Waals surface area contributed by atoms with Gasteiger partial charge in [0.25, 0.3) is 5.69 Å². The number of nitro groups is 1. The lowest BCUT2D eigenvalue weighted by Gasteiger charge is -2.51. The van der Waals surface area contributed by atoms with E-state index in [2.05, 4.69) is 15.9 Å². The van der Waals surface area contributed by atoms with Crippen LogP contribution in [0.3, 0.4) is 0 Å². The number of halogens is 1. The van der Waals surface area contributed by atoms with Gasteiger partial charge in [-0.15, -0.1) is 0 Å². The van der Waals surface area contributed by atoms with E-state index < -0.39 is 32.9 Å². The average molecular weight is 505 g/mol. The highest BCUT2D eigenvalue weighted by molar-refractivity contribution is 9.09. The van der Waals surface area contributed by atoms with Gasteiger partial charge in [-0.05, 0) is 34.4 Å². The fourth-order valence-electron chi connectivity index (χ4n) is 5.88. The predicted octanol–water partition coefficient (Wildman–Crippen LogP) is 4.51. The van der Waals surface area contributed by atoms with Crippen LogP contribution >= 0.6 is 15.9 Å². The highest BCUT2D eigenvalue weighted by Gasteiger charge is 2.68. The summed E-state index contributed by atoms with van der Waals surface area (Å²) in [5.74, 6) is -2.27. The van der Waals surface area contributed by atoms with Crippen LogP contribution < -0.4 is 9.64 Å². The van der Waals surface area contributed by atoms with Gasteiger partial charge in [0.2, 0.25) is 11.8 Å². The zero-order chi connectivity index (χ0) is 23.1. The Morgan fingerprint density at radius 1 is 0.970 bits per heavy atom. The fourth-order valence-corrected chi connectivity index (χ4v) is 7.08. The van der Waals surface area contributed by atoms with Crippen LogP contribution in [-0.2, 0) is 13.9 Å². The van der Waals surface area contributed by atoms with Crippen LogP contribution in [0.15, 0.2) is 66.7 Å². The molecule has 0 spiro atoms. The first kappa shape index (κ1) is 20.1. The van der Waals surface area contributed by atoms with E-state index in [1.54, 1.807) is 0 Å². The van der Waals surface area contributed by atoms with Crippen molar-refractivity contribution in [3.05, 3.63) is 99.1 Å². The van der Waals surface area contributed by atoms with Gasteiger partial charge in [0.15, 0.2) is 0 Å². The molecule has 7 rings (SSSR count). The summed E-state index contributed by atoms with van der Waals surface area (Å²) in [6.07, 6.45) is 0. The normalized spacial score (nSPS) is 26.6. The highest BCUT2D eigenvalue weighted by atomic mass is 79.9. The summed E-state index contributed by atoms with van der Waals surface area (Å²) in [5, 5.41) is 11.8. The van der Waals surface area contributed by atoms with Gasteiger partial charge in [-0.1, -0.05) is 64.5 Å². The van der Waals surface area contributed by atoms with Crippen LogP contribution in [0.1, 0.15) is 28.2 Å². The Morgan fingerprint density at radius 2 is 1.58 bits per heavy atom. The number of methoxy groups -OCH3 is 1. The monoisotopic (exact) mass is 504 g/mol. The maximum absolute atomic E-state index is 13.9. The number of rotatable bonds is 3. The number of amides is 2. The molecule has 3 aliphatic carbocycles. The quantitative estimate of drug-likeness (QED) is 0.226. The number of anilines is 1. The lowest BCUT2D eigenvalue weighted by molar-refractivity contribution is -0.384. The smallest absolute Gasteiger partial charge is 0.297 e. The number of alkyl halides is 1. The Morgan fingerprint density at radius 3 is 2.15 bits per heavy atom. The van der Waals surface area contributed by atoms with Crippen molar-refractivity contribution in [2.24, 2.45) is 11.8 Å². The molecule has 2 atom stereocenters. The molecule has 7 nitrogen and oxygen atoms in total. The SMILES string of the molecule is COc1ccc(N2C(=O)[C@@H]3C4c5ccccc5C(Br)(c5ccccc54)[C@@H]3C2=O)c([N+](=O)[O-])c1. The predicted molar refractivity (Wildman–Crippen MR) is 124 cm³/mol. The first-order valence-corrected chi connectivity index (χ1v) is 11.3. The van der Waals surface area contributed by atoms with E-state index in [9.17, 15) is 19.7 Å². The average Bonchev–Trinajstić information content (AvgIpc) is 3.10. The number of hydrogen-bond acceptors (Lipinski definition) is 5. The van der Waals surface area contributed by atoms with Crippen molar-refractivity contribution in [1.29, 1.82) is 0 Å². The van der Waals surface area contributed by atoms with Crippen LogP contribution in [0.2, 0.25) is 0 Å². The molecule has 3 aromatic carbocycles. The minimum atomic E-state index is -0.900. The van der Waals surface area contributed by atoms with E-state index in [0.717, 1.165) is 27.2 Å². The minimum absolute atomic E-state index is 0.0335. The molecule has 1 saturated heterocycles. The molecule has 0 aromatic heterocycles. The molecule has 3 aromatic rings. The molecular formula is C25H17BrN2O5. The van der Waals surface area contributed by atoms with E-state index >= 15 is 0 Å². The number of nitro benzene ring substituents is 1. The molecule has 0 unspecified atom stereocenters. The Balaban J connectivity index is 1.59. The van der Waals surface area contributed by atoms with Gasteiger partial charge in [-0.25, -0.2) is 4.90 Å². The van der Waals surface area contributed by atoms with E-state index in [0.29, 0.717) is 0 Å². The van der Waals surface area contributed by atoms with Crippen LogP contribution in [0.25, 0.3) is 0 Å². The lowest BCUT2D eigenvalue weighted by atomic mass is 9.55. The highest BCUT2D eigenvalue weighted by Crippen LogP contribution is 2.66. The molecule has 2 bridgehead atoms. The molecule has 164 valence electrons. The van der Waals surface area contributed by atoms with Gasteiger partial charge in [-0.3, -0.25) is 19.7 Å². The van der Waals surface area contributed by atoms with Gasteiger partial charge in [0, 0.05) is 5.92 Å². The van der Waals surface area contributed by atoms with Crippen molar-refractivity contribution in [2.45, 2.75) is 10.2 Å². The second kappa shape index (κ2) is 6.74. The van der Waals surface area contributed by atoms with Gasteiger partial charge < -0.3 is 4.74 Å². The van der Waals surface area contributed by atoms with Gasteiger partial charge in [-0.2, -0.15) is 0 Å². The van der Waals surface area contributed by atoms with Crippen LogP contribution in [0.5, 0.6) is 5.75 Å². The van der Waals surface area contributed by atoms with Crippen LogP contribution in [-0.4, -0.2) is 23.8 Å². The molecular weight excluding hydrogens is 488 g/mol. The first-order valence-electron chi connectivity index (χ1n) is 10.5. The summed E-state index contributed by atoms with van der Waals surface area (Å²) in [5.41, 5.74) is 3.54.